The molecule has 1 heterocycles. The van der Waals surface area contributed by atoms with Gasteiger partial charge in [0, 0.05) is 18.1 Å². The van der Waals surface area contributed by atoms with E-state index in [-0.39, 0.29) is 5.24 Å². The highest BCUT2D eigenvalue weighted by Crippen LogP contribution is 2.11. The van der Waals surface area contributed by atoms with Gasteiger partial charge in [0.2, 0.25) is 5.95 Å². The molecule has 100 valence electrons. The van der Waals surface area contributed by atoms with Gasteiger partial charge in [-0.3, -0.25) is 10.1 Å². The second-order valence-electron chi connectivity index (χ2n) is 4.10. The van der Waals surface area contributed by atoms with Crippen molar-refractivity contribution in [1.29, 1.82) is 0 Å². The van der Waals surface area contributed by atoms with Crippen LogP contribution in [0.2, 0.25) is 0 Å². The van der Waals surface area contributed by atoms with Crippen LogP contribution in [0.3, 0.4) is 0 Å². The van der Waals surface area contributed by atoms with Crippen LogP contribution in [0.15, 0.2) is 18.5 Å². The van der Waals surface area contributed by atoms with Gasteiger partial charge in [-0.1, -0.05) is 50.8 Å². The number of carbonyl (C=O) groups excluding carboxylic acids is 1. The molecule has 0 saturated carbocycles. The largest absolute Gasteiger partial charge is 0.285 e. The first-order chi connectivity index (χ1) is 8.83. The highest BCUT2D eigenvalue weighted by Gasteiger charge is 2.03. The predicted molar refractivity (Wildman–Crippen MR) is 76.9 cm³/mol. The van der Waals surface area contributed by atoms with Crippen LogP contribution in [0.4, 0.5) is 10.7 Å². The van der Waals surface area contributed by atoms with Crippen molar-refractivity contribution in [3.63, 3.8) is 0 Å². The zero-order chi connectivity index (χ0) is 13.1. The maximum atomic E-state index is 11.5. The number of amides is 1. The number of nitrogens with one attached hydrogen (secondary N) is 1. The molecule has 0 aliphatic heterocycles. The number of hydrogen-bond acceptors (Lipinski definition) is 4. The Kier molecular flexibility index (Phi) is 8.21. The molecular weight excluding hydrogens is 246 g/mol. The van der Waals surface area contributed by atoms with Crippen molar-refractivity contribution in [2.45, 2.75) is 45.4 Å². The molecule has 0 fully saturated rings. The molecule has 1 aromatic rings. The predicted octanol–water partition coefficient (Wildman–Crippen LogP) is 4.10. The highest BCUT2D eigenvalue weighted by molar-refractivity contribution is 8.13. The zero-order valence-electron chi connectivity index (χ0n) is 10.9. The summed E-state index contributed by atoms with van der Waals surface area (Å²) >= 11 is 1.31. The molecule has 5 heteroatoms. The molecule has 0 radical (unpaired) electrons. The summed E-state index contributed by atoms with van der Waals surface area (Å²) < 4.78 is 0. The Balaban J connectivity index is 2.00. The summed E-state index contributed by atoms with van der Waals surface area (Å²) in [6.45, 7) is 2.21. The Hall–Kier alpha value is -1.10. The number of thioether (sulfide) groups is 1. The van der Waals surface area contributed by atoms with Crippen molar-refractivity contribution >= 4 is 22.9 Å². The fourth-order valence-electron chi connectivity index (χ4n) is 1.54. The standard InChI is InChI=1S/C13H21N3OS/c1-2-3-4-5-6-7-11-18-13(17)16-12-14-9-8-10-15-12/h8-10H,2-7,11H2,1H3,(H,14,15,16,17). The number of carbonyl (C=O) groups is 1. The molecule has 1 amide bonds. The molecule has 0 saturated heterocycles. The lowest BCUT2D eigenvalue weighted by Crippen LogP contribution is -2.08. The van der Waals surface area contributed by atoms with E-state index in [4.69, 9.17) is 0 Å². The first kappa shape index (κ1) is 15.0. The zero-order valence-corrected chi connectivity index (χ0v) is 11.7. The van der Waals surface area contributed by atoms with E-state index in [0.29, 0.717) is 5.95 Å². The van der Waals surface area contributed by atoms with Crippen molar-refractivity contribution in [2.75, 3.05) is 11.1 Å². The van der Waals surface area contributed by atoms with Gasteiger partial charge in [-0.25, -0.2) is 9.97 Å². The first-order valence-corrected chi connectivity index (χ1v) is 7.52. The minimum atomic E-state index is -0.0743. The summed E-state index contributed by atoms with van der Waals surface area (Å²) in [5.74, 6) is 1.24. The fourth-order valence-corrected chi connectivity index (χ4v) is 2.24. The quantitative estimate of drug-likeness (QED) is 0.720. The average molecular weight is 267 g/mol. The normalized spacial score (nSPS) is 10.3. The average Bonchev–Trinajstić information content (AvgIpc) is 2.39. The molecule has 1 N–H and O–H groups in total. The van der Waals surface area contributed by atoms with E-state index < -0.39 is 0 Å². The molecule has 4 nitrogen and oxygen atoms in total. The van der Waals surface area contributed by atoms with Gasteiger partial charge in [-0.15, -0.1) is 0 Å². The number of hydrogen-bond donors (Lipinski definition) is 1. The van der Waals surface area contributed by atoms with E-state index in [2.05, 4.69) is 22.2 Å². The van der Waals surface area contributed by atoms with Crippen molar-refractivity contribution in [2.24, 2.45) is 0 Å². The summed E-state index contributed by atoms with van der Waals surface area (Å²) in [6, 6.07) is 1.72. The SMILES string of the molecule is CCCCCCCCSC(=O)Nc1ncccn1. The third kappa shape index (κ3) is 7.27. The van der Waals surface area contributed by atoms with Crippen LogP contribution >= 0.6 is 11.8 Å². The number of anilines is 1. The lowest BCUT2D eigenvalue weighted by molar-refractivity contribution is 0.269. The monoisotopic (exact) mass is 267 g/mol. The molecular formula is C13H21N3OS. The van der Waals surface area contributed by atoms with Crippen LogP contribution in [-0.4, -0.2) is 21.0 Å². The Bertz CT molecular complexity index is 332. The summed E-state index contributed by atoms with van der Waals surface area (Å²) in [5.41, 5.74) is 0. The molecule has 0 spiro atoms. The summed E-state index contributed by atoms with van der Waals surface area (Å²) in [5, 5.41) is 2.58. The van der Waals surface area contributed by atoms with Gasteiger partial charge < -0.3 is 0 Å². The lowest BCUT2D eigenvalue weighted by atomic mass is 10.1. The first-order valence-electron chi connectivity index (χ1n) is 6.53. The second kappa shape index (κ2) is 9.88. The Morgan fingerprint density at radius 3 is 2.56 bits per heavy atom. The number of aromatic nitrogens is 2. The molecule has 0 bridgehead atoms. The molecule has 0 unspecified atom stereocenters. The molecule has 1 aromatic heterocycles. The third-order valence-corrected chi connectivity index (χ3v) is 3.37. The van der Waals surface area contributed by atoms with E-state index in [1.165, 1.54) is 43.9 Å². The minimum Gasteiger partial charge on any atom is -0.285 e. The van der Waals surface area contributed by atoms with Crippen LogP contribution in [0.25, 0.3) is 0 Å². The van der Waals surface area contributed by atoms with Gasteiger partial charge in [0.25, 0.3) is 5.24 Å². The van der Waals surface area contributed by atoms with E-state index >= 15 is 0 Å². The molecule has 0 atom stereocenters. The van der Waals surface area contributed by atoms with Gasteiger partial charge in [-0.2, -0.15) is 0 Å². The number of unbranched alkanes of at least 4 members (excludes halogenated alkanes) is 5. The van der Waals surface area contributed by atoms with Crippen LogP contribution < -0.4 is 5.32 Å². The number of nitrogens with zero attached hydrogens (tertiary/aromatic N) is 2. The molecule has 1 rings (SSSR count). The molecule has 0 aliphatic rings. The smallest absolute Gasteiger partial charge is 0.285 e. The molecule has 18 heavy (non-hydrogen) atoms. The molecule has 0 aromatic carbocycles. The topological polar surface area (TPSA) is 54.9 Å². The summed E-state index contributed by atoms with van der Waals surface area (Å²) in [7, 11) is 0. The van der Waals surface area contributed by atoms with Crippen LogP contribution in [0, 0.1) is 0 Å². The van der Waals surface area contributed by atoms with Crippen LogP contribution in [0.5, 0.6) is 0 Å². The third-order valence-electron chi connectivity index (χ3n) is 2.51. The molecule has 0 aliphatic carbocycles. The van der Waals surface area contributed by atoms with Crippen molar-refractivity contribution < 1.29 is 4.79 Å². The number of rotatable bonds is 8. The highest BCUT2D eigenvalue weighted by atomic mass is 32.2. The lowest BCUT2D eigenvalue weighted by Gasteiger charge is -2.02. The fraction of sp³-hybridized carbons (Fsp3) is 0.615. The van der Waals surface area contributed by atoms with Gasteiger partial charge in [0.15, 0.2) is 0 Å². The van der Waals surface area contributed by atoms with Crippen LogP contribution in [0.1, 0.15) is 45.4 Å². The van der Waals surface area contributed by atoms with Gasteiger partial charge in [0.1, 0.15) is 0 Å². The van der Waals surface area contributed by atoms with Crippen molar-refractivity contribution in [1.82, 2.24) is 9.97 Å². The Morgan fingerprint density at radius 2 is 1.83 bits per heavy atom. The summed E-state index contributed by atoms with van der Waals surface area (Å²) in [6.07, 6.45) is 10.7. The van der Waals surface area contributed by atoms with Crippen LogP contribution in [-0.2, 0) is 0 Å². The van der Waals surface area contributed by atoms with E-state index in [0.717, 1.165) is 12.2 Å². The summed E-state index contributed by atoms with van der Waals surface area (Å²) in [4.78, 5) is 19.4. The second-order valence-corrected chi connectivity index (χ2v) is 5.17. The van der Waals surface area contributed by atoms with E-state index in [9.17, 15) is 4.79 Å². The maximum absolute atomic E-state index is 11.5. The van der Waals surface area contributed by atoms with Gasteiger partial charge in [0.05, 0.1) is 0 Å². The van der Waals surface area contributed by atoms with Crippen molar-refractivity contribution in [3.8, 4) is 0 Å². The maximum Gasteiger partial charge on any atom is 0.285 e. The van der Waals surface area contributed by atoms with Gasteiger partial charge >= 0.3 is 0 Å². The Labute approximate surface area is 113 Å². The van der Waals surface area contributed by atoms with Crippen molar-refractivity contribution in [3.05, 3.63) is 18.5 Å². The van der Waals surface area contributed by atoms with Gasteiger partial charge in [-0.05, 0) is 12.5 Å². The Morgan fingerprint density at radius 1 is 1.17 bits per heavy atom. The van der Waals surface area contributed by atoms with E-state index in [1.807, 2.05) is 0 Å². The minimum absolute atomic E-state index is 0.0743. The van der Waals surface area contributed by atoms with E-state index in [1.54, 1.807) is 18.5 Å².